The summed E-state index contributed by atoms with van der Waals surface area (Å²) in [6, 6.07) is 9.14. The fraction of sp³-hybridized carbons (Fsp3) is 0.345. The molecule has 0 saturated heterocycles. The smallest absolute Gasteiger partial charge is 0.321 e. The van der Waals surface area contributed by atoms with Gasteiger partial charge in [0.1, 0.15) is 11.8 Å². The van der Waals surface area contributed by atoms with Gasteiger partial charge in [0, 0.05) is 43.7 Å². The minimum Gasteiger partial charge on any atom is -0.485 e. The maximum Gasteiger partial charge on any atom is 0.321 e. The van der Waals surface area contributed by atoms with Crippen molar-refractivity contribution >= 4 is 29.2 Å². The topological polar surface area (TPSA) is 155 Å². The summed E-state index contributed by atoms with van der Waals surface area (Å²) >= 11 is 0. The minimum atomic E-state index is -0.590. The summed E-state index contributed by atoms with van der Waals surface area (Å²) in [5, 5.41) is 15.5. The summed E-state index contributed by atoms with van der Waals surface area (Å²) < 4.78 is 17.2. The standard InChI is InChI=1S/C29H32N6O7/c1-17-13-35(18(2)15-36)28(38)20-5-4-6-21(33-27(37)22-12-30-9-10-31-22)26(20)42-25(17)14-34(3)29(39)32-19-7-8-23-24(11-19)41-16-40-23/h4-12,17-18,25,36H,13-16H2,1-3H3,(H,32,39)(H,33,37)/t17-,18+,25+/m0/s1. The molecule has 13 nitrogen and oxygen atoms in total. The number of aliphatic hydroxyl groups excluding tert-OH is 1. The average molecular weight is 577 g/mol. The molecule has 0 aliphatic carbocycles. The number of carbonyl (C=O) groups is 3. The Morgan fingerprint density at radius 1 is 1.17 bits per heavy atom. The summed E-state index contributed by atoms with van der Waals surface area (Å²) in [6.45, 7) is 3.98. The van der Waals surface area contributed by atoms with Crippen molar-refractivity contribution in [1.82, 2.24) is 19.8 Å². The molecule has 42 heavy (non-hydrogen) atoms. The zero-order valence-electron chi connectivity index (χ0n) is 23.4. The van der Waals surface area contributed by atoms with Gasteiger partial charge in [-0.1, -0.05) is 13.0 Å². The molecule has 2 aliphatic heterocycles. The third-order valence-electron chi connectivity index (χ3n) is 7.16. The Morgan fingerprint density at radius 2 is 1.98 bits per heavy atom. The number of amides is 4. The van der Waals surface area contributed by atoms with E-state index >= 15 is 0 Å². The highest BCUT2D eigenvalue weighted by atomic mass is 16.7. The molecular formula is C29H32N6O7. The fourth-order valence-corrected chi connectivity index (χ4v) is 4.71. The lowest BCUT2D eigenvalue weighted by Gasteiger charge is -2.38. The summed E-state index contributed by atoms with van der Waals surface area (Å²) in [5.74, 6) is 0.177. The number of rotatable bonds is 7. The lowest BCUT2D eigenvalue weighted by molar-refractivity contribution is 0.0372. The van der Waals surface area contributed by atoms with E-state index in [1.54, 1.807) is 55.3 Å². The van der Waals surface area contributed by atoms with Crippen LogP contribution in [-0.2, 0) is 0 Å². The Hall–Kier alpha value is -4.91. The molecule has 3 N–H and O–H groups in total. The van der Waals surface area contributed by atoms with E-state index in [9.17, 15) is 19.5 Å². The van der Waals surface area contributed by atoms with Crippen molar-refractivity contribution < 1.29 is 33.7 Å². The first-order valence-corrected chi connectivity index (χ1v) is 13.5. The summed E-state index contributed by atoms with van der Waals surface area (Å²) in [5.41, 5.74) is 1.11. The van der Waals surface area contributed by atoms with Gasteiger partial charge in [-0.2, -0.15) is 0 Å². The van der Waals surface area contributed by atoms with E-state index in [-0.39, 0.29) is 67.0 Å². The van der Waals surface area contributed by atoms with Crippen LogP contribution in [0.3, 0.4) is 0 Å². The molecule has 0 spiro atoms. The molecule has 1 aromatic heterocycles. The van der Waals surface area contributed by atoms with Crippen LogP contribution in [0.25, 0.3) is 0 Å². The van der Waals surface area contributed by atoms with Gasteiger partial charge in [0.15, 0.2) is 17.2 Å². The molecule has 3 aromatic rings. The SMILES string of the molecule is C[C@H](CO)N1C[C@H](C)[C@@H](CN(C)C(=O)Nc2ccc3c(c2)OCO3)Oc2c(NC(=O)c3cnccn3)cccc2C1=O. The molecule has 13 heteroatoms. The first-order chi connectivity index (χ1) is 20.2. The molecule has 0 fully saturated rings. The Morgan fingerprint density at radius 3 is 2.74 bits per heavy atom. The van der Waals surface area contributed by atoms with Crippen molar-refractivity contribution in [3.63, 3.8) is 0 Å². The highest BCUT2D eigenvalue weighted by Gasteiger charge is 2.35. The second-order valence-corrected chi connectivity index (χ2v) is 10.2. The predicted molar refractivity (Wildman–Crippen MR) is 152 cm³/mol. The van der Waals surface area contributed by atoms with E-state index in [0.717, 1.165) is 0 Å². The molecule has 0 saturated carbocycles. The largest absolute Gasteiger partial charge is 0.485 e. The number of fused-ring (bicyclic) bond motifs is 2. The predicted octanol–water partition coefficient (Wildman–Crippen LogP) is 2.84. The molecule has 2 aromatic carbocycles. The van der Waals surface area contributed by atoms with E-state index in [1.165, 1.54) is 23.5 Å². The number of anilines is 2. The van der Waals surface area contributed by atoms with Gasteiger partial charge in [0.05, 0.1) is 36.6 Å². The molecule has 3 heterocycles. The lowest BCUT2D eigenvalue weighted by atomic mass is 9.99. The summed E-state index contributed by atoms with van der Waals surface area (Å²) in [4.78, 5) is 50.8. The Kier molecular flexibility index (Phi) is 8.38. The number of benzene rings is 2. The second-order valence-electron chi connectivity index (χ2n) is 10.2. The molecule has 4 amide bonds. The van der Waals surface area contributed by atoms with Crippen LogP contribution in [0.1, 0.15) is 34.7 Å². The summed E-state index contributed by atoms with van der Waals surface area (Å²) in [6.07, 6.45) is 3.60. The monoisotopic (exact) mass is 576 g/mol. The van der Waals surface area contributed by atoms with Crippen molar-refractivity contribution in [2.45, 2.75) is 26.0 Å². The molecule has 220 valence electrons. The molecule has 0 unspecified atom stereocenters. The average Bonchev–Trinajstić information content (AvgIpc) is 3.47. The number of hydrogen-bond acceptors (Lipinski definition) is 9. The van der Waals surface area contributed by atoms with Gasteiger partial charge in [-0.3, -0.25) is 14.6 Å². The van der Waals surface area contributed by atoms with Crippen molar-refractivity contribution in [2.75, 3.05) is 44.2 Å². The van der Waals surface area contributed by atoms with Crippen LogP contribution in [0.2, 0.25) is 0 Å². The zero-order chi connectivity index (χ0) is 29.8. The van der Waals surface area contributed by atoms with Crippen molar-refractivity contribution in [3.8, 4) is 17.2 Å². The number of ether oxygens (including phenoxy) is 3. The third-order valence-corrected chi connectivity index (χ3v) is 7.16. The maximum absolute atomic E-state index is 13.7. The van der Waals surface area contributed by atoms with Gasteiger partial charge in [-0.05, 0) is 31.2 Å². The van der Waals surface area contributed by atoms with Gasteiger partial charge < -0.3 is 39.8 Å². The van der Waals surface area contributed by atoms with Crippen LogP contribution >= 0.6 is 0 Å². The van der Waals surface area contributed by atoms with E-state index in [4.69, 9.17) is 14.2 Å². The molecule has 5 rings (SSSR count). The van der Waals surface area contributed by atoms with E-state index < -0.39 is 18.1 Å². The zero-order valence-corrected chi connectivity index (χ0v) is 23.4. The number of hydrogen-bond donors (Lipinski definition) is 3. The lowest BCUT2D eigenvalue weighted by Crippen LogP contribution is -2.50. The van der Waals surface area contributed by atoms with Crippen LogP contribution in [-0.4, -0.2) is 88.4 Å². The number of para-hydroxylation sites is 1. The molecule has 2 aliphatic rings. The van der Waals surface area contributed by atoms with Gasteiger partial charge >= 0.3 is 6.03 Å². The number of aliphatic hydroxyl groups is 1. The van der Waals surface area contributed by atoms with Crippen LogP contribution in [0.15, 0.2) is 55.0 Å². The van der Waals surface area contributed by atoms with Crippen molar-refractivity contribution in [2.24, 2.45) is 5.92 Å². The van der Waals surface area contributed by atoms with Crippen molar-refractivity contribution in [1.29, 1.82) is 0 Å². The highest BCUT2D eigenvalue weighted by molar-refractivity contribution is 6.06. The molecule has 0 bridgehead atoms. The van der Waals surface area contributed by atoms with Gasteiger partial charge in [-0.25, -0.2) is 9.78 Å². The number of nitrogens with one attached hydrogen (secondary N) is 2. The van der Waals surface area contributed by atoms with E-state index in [2.05, 4.69) is 20.6 Å². The van der Waals surface area contributed by atoms with Crippen LogP contribution in [0.4, 0.5) is 16.2 Å². The van der Waals surface area contributed by atoms with Gasteiger partial charge in [0.2, 0.25) is 6.79 Å². The Balaban J connectivity index is 1.41. The normalized spacial score (nSPS) is 18.2. The van der Waals surface area contributed by atoms with Gasteiger partial charge in [-0.15, -0.1) is 0 Å². The molecular weight excluding hydrogens is 544 g/mol. The number of aromatic nitrogens is 2. The number of urea groups is 1. The number of carbonyl (C=O) groups excluding carboxylic acids is 3. The number of likely N-dealkylation sites (N-methyl/N-ethyl adjacent to an activating group) is 1. The molecule has 0 radical (unpaired) electrons. The fourth-order valence-electron chi connectivity index (χ4n) is 4.71. The first-order valence-electron chi connectivity index (χ1n) is 13.5. The second kappa shape index (κ2) is 12.3. The quantitative estimate of drug-likeness (QED) is 0.385. The minimum absolute atomic E-state index is 0.0904. The third kappa shape index (κ3) is 6.05. The maximum atomic E-state index is 13.7. The molecule has 3 atom stereocenters. The highest BCUT2D eigenvalue weighted by Crippen LogP contribution is 2.36. The first kappa shape index (κ1) is 28.6. The van der Waals surface area contributed by atoms with Crippen molar-refractivity contribution in [3.05, 3.63) is 66.2 Å². The van der Waals surface area contributed by atoms with Crippen LogP contribution in [0, 0.1) is 5.92 Å². The van der Waals surface area contributed by atoms with E-state index in [0.29, 0.717) is 17.2 Å². The Bertz CT molecular complexity index is 1470. The summed E-state index contributed by atoms with van der Waals surface area (Å²) in [7, 11) is 1.64. The van der Waals surface area contributed by atoms with Crippen LogP contribution in [0.5, 0.6) is 17.2 Å². The van der Waals surface area contributed by atoms with E-state index in [1.807, 2.05) is 6.92 Å². The number of nitrogens with zero attached hydrogens (tertiary/aromatic N) is 4. The Labute approximate surface area is 242 Å². The van der Waals surface area contributed by atoms with Gasteiger partial charge in [0.25, 0.3) is 11.8 Å². The van der Waals surface area contributed by atoms with Crippen LogP contribution < -0.4 is 24.8 Å².